The van der Waals surface area contributed by atoms with Gasteiger partial charge in [0.1, 0.15) is 9.88 Å². The number of methoxy groups -OCH3 is 1. The summed E-state index contributed by atoms with van der Waals surface area (Å²) >= 11 is 5.45. The van der Waals surface area contributed by atoms with Crippen LogP contribution in [-0.4, -0.2) is 32.2 Å². The Morgan fingerprint density at radius 1 is 1.09 bits per heavy atom. The number of ether oxygens (including phenoxy) is 3. The molecule has 0 atom stereocenters. The van der Waals surface area contributed by atoms with E-state index < -0.39 is 15.0 Å². The highest BCUT2D eigenvalue weighted by atomic mass is 32.2. The summed E-state index contributed by atoms with van der Waals surface area (Å²) in [5.74, 6) is 1.39. The zero-order valence-corrected chi connectivity index (χ0v) is 19.4. The first-order valence-corrected chi connectivity index (χ1v) is 11.6. The number of thiocarbonyl (C=S) groups is 1. The van der Waals surface area contributed by atoms with Crippen molar-refractivity contribution >= 4 is 33.0 Å². The molecular formula is C22H18N2O8S2. The summed E-state index contributed by atoms with van der Waals surface area (Å²) in [6, 6.07) is 14.7. The third-order valence-corrected chi connectivity index (χ3v) is 6.44. The fourth-order valence-corrected chi connectivity index (χ4v) is 4.31. The lowest BCUT2D eigenvalue weighted by Gasteiger charge is -2.13. The number of nitrogens with one attached hydrogen (secondary N) is 1. The van der Waals surface area contributed by atoms with Crippen LogP contribution in [0.5, 0.6) is 23.0 Å². The Morgan fingerprint density at radius 2 is 1.88 bits per heavy atom. The van der Waals surface area contributed by atoms with Crippen molar-refractivity contribution in [3.8, 4) is 23.0 Å². The van der Waals surface area contributed by atoms with Gasteiger partial charge in [0.25, 0.3) is 5.69 Å². The number of fused-ring (bicyclic) bond motifs is 1. The lowest BCUT2D eigenvalue weighted by molar-refractivity contribution is -0.385. The van der Waals surface area contributed by atoms with Gasteiger partial charge in [-0.25, -0.2) is 0 Å². The Morgan fingerprint density at radius 3 is 2.65 bits per heavy atom. The molecule has 0 amide bonds. The minimum absolute atomic E-state index is 0.0867. The molecule has 4 rings (SSSR count). The van der Waals surface area contributed by atoms with E-state index in [2.05, 4.69) is 5.32 Å². The van der Waals surface area contributed by atoms with Crippen LogP contribution >= 0.6 is 12.2 Å². The van der Waals surface area contributed by atoms with E-state index in [0.717, 1.165) is 11.6 Å². The Hall–Kier alpha value is -3.90. The number of nitro groups is 1. The number of benzene rings is 3. The van der Waals surface area contributed by atoms with Crippen molar-refractivity contribution in [1.29, 1.82) is 0 Å². The topological polar surface area (TPSA) is 126 Å². The molecular weight excluding hydrogens is 484 g/mol. The second kappa shape index (κ2) is 9.53. The highest BCUT2D eigenvalue weighted by Crippen LogP contribution is 2.33. The highest BCUT2D eigenvalue weighted by molar-refractivity contribution is 7.87. The van der Waals surface area contributed by atoms with Crippen LogP contribution in [0.4, 0.5) is 5.69 Å². The zero-order valence-electron chi connectivity index (χ0n) is 17.7. The molecule has 176 valence electrons. The van der Waals surface area contributed by atoms with Gasteiger partial charge in [0.2, 0.25) is 6.79 Å². The first-order valence-electron chi connectivity index (χ1n) is 9.80. The number of nitro benzene ring substituents is 1. The monoisotopic (exact) mass is 502 g/mol. The predicted molar refractivity (Wildman–Crippen MR) is 125 cm³/mol. The van der Waals surface area contributed by atoms with Gasteiger partial charge in [-0.1, -0.05) is 24.4 Å². The molecule has 1 heterocycles. The molecule has 0 aliphatic carbocycles. The van der Waals surface area contributed by atoms with Crippen molar-refractivity contribution in [2.75, 3.05) is 13.9 Å². The molecule has 0 aromatic heterocycles. The maximum Gasteiger partial charge on any atom is 0.339 e. The quantitative estimate of drug-likeness (QED) is 0.211. The number of rotatable bonds is 8. The first-order chi connectivity index (χ1) is 16.3. The average molecular weight is 503 g/mol. The largest absolute Gasteiger partial charge is 0.493 e. The maximum atomic E-state index is 12.6. The van der Waals surface area contributed by atoms with Gasteiger partial charge in [0.15, 0.2) is 23.0 Å². The van der Waals surface area contributed by atoms with Crippen molar-refractivity contribution in [1.82, 2.24) is 5.32 Å². The fraction of sp³-hybridized carbons (Fsp3) is 0.136. The van der Waals surface area contributed by atoms with Gasteiger partial charge in [-0.3, -0.25) is 10.1 Å². The minimum Gasteiger partial charge on any atom is -0.493 e. The average Bonchev–Trinajstić information content (AvgIpc) is 3.30. The van der Waals surface area contributed by atoms with Gasteiger partial charge in [-0.05, 0) is 42.0 Å². The summed E-state index contributed by atoms with van der Waals surface area (Å²) in [5.41, 5.74) is 1.14. The Bertz CT molecular complexity index is 1380. The highest BCUT2D eigenvalue weighted by Gasteiger charge is 2.22. The second-order valence-electron chi connectivity index (χ2n) is 7.03. The van der Waals surface area contributed by atoms with Gasteiger partial charge >= 0.3 is 10.1 Å². The molecule has 1 aliphatic heterocycles. The summed E-state index contributed by atoms with van der Waals surface area (Å²) in [6.07, 6.45) is 0. The van der Waals surface area contributed by atoms with E-state index in [0.29, 0.717) is 28.6 Å². The smallest absolute Gasteiger partial charge is 0.339 e. The summed E-state index contributed by atoms with van der Waals surface area (Å²) in [6.45, 7) is 0.618. The molecule has 0 fully saturated rings. The minimum atomic E-state index is -4.34. The third kappa shape index (κ3) is 5.02. The maximum absolute atomic E-state index is 12.6. The first kappa shape index (κ1) is 23.3. The third-order valence-electron chi connectivity index (χ3n) is 4.83. The van der Waals surface area contributed by atoms with Crippen molar-refractivity contribution in [2.45, 2.75) is 11.4 Å². The Kier molecular flexibility index (Phi) is 6.52. The number of hydrogen-bond acceptors (Lipinski definition) is 9. The Labute approximate surface area is 200 Å². The van der Waals surface area contributed by atoms with Crippen LogP contribution < -0.4 is 23.7 Å². The van der Waals surface area contributed by atoms with E-state index in [4.69, 9.17) is 30.6 Å². The fourth-order valence-electron chi connectivity index (χ4n) is 3.13. The molecule has 0 bridgehead atoms. The Balaban J connectivity index is 1.48. The zero-order chi connectivity index (χ0) is 24.3. The van der Waals surface area contributed by atoms with Crippen LogP contribution in [0.15, 0.2) is 65.6 Å². The molecule has 1 aliphatic rings. The SMILES string of the molecule is COc1cc(C(=S)NCc2ccc3c(c2)OCO3)ccc1OS(=O)(=O)c1cccc([N+](=O)[O-])c1. The van der Waals surface area contributed by atoms with Crippen LogP contribution in [0.1, 0.15) is 11.1 Å². The number of hydrogen-bond donors (Lipinski definition) is 1. The standard InChI is InChI=1S/C22H18N2O8S2/c1-29-20-10-15(22(33)23-12-14-5-7-18-21(9-14)31-13-30-18)6-8-19(20)32-34(27,28)17-4-2-3-16(11-17)24(25)26/h2-11H,12-13H2,1H3,(H,23,33). The van der Waals surface area contributed by atoms with Crippen molar-refractivity contribution < 1.29 is 31.7 Å². The molecule has 0 radical (unpaired) electrons. The number of nitrogens with zero attached hydrogens (tertiary/aromatic N) is 1. The van der Waals surface area contributed by atoms with E-state index in [1.807, 2.05) is 18.2 Å². The molecule has 10 nitrogen and oxygen atoms in total. The van der Waals surface area contributed by atoms with Crippen molar-refractivity contribution in [3.63, 3.8) is 0 Å². The van der Waals surface area contributed by atoms with E-state index >= 15 is 0 Å². The molecule has 3 aromatic rings. The van der Waals surface area contributed by atoms with Crippen molar-refractivity contribution in [2.24, 2.45) is 0 Å². The predicted octanol–water partition coefficient (Wildman–Crippen LogP) is 3.57. The van der Waals surface area contributed by atoms with E-state index in [1.165, 1.54) is 37.4 Å². The van der Waals surface area contributed by atoms with Crippen molar-refractivity contribution in [3.05, 3.63) is 81.9 Å². The van der Waals surface area contributed by atoms with Gasteiger partial charge in [-0.2, -0.15) is 8.42 Å². The summed E-state index contributed by atoms with van der Waals surface area (Å²) < 4.78 is 46.4. The summed E-state index contributed by atoms with van der Waals surface area (Å²) in [7, 11) is -2.99. The molecule has 12 heteroatoms. The lowest BCUT2D eigenvalue weighted by Crippen LogP contribution is -2.21. The van der Waals surface area contributed by atoms with Crippen LogP contribution in [0.3, 0.4) is 0 Å². The molecule has 3 aromatic carbocycles. The molecule has 34 heavy (non-hydrogen) atoms. The molecule has 0 unspecified atom stereocenters. The van der Waals surface area contributed by atoms with Crippen LogP contribution in [0, 0.1) is 10.1 Å². The molecule has 0 spiro atoms. The van der Waals surface area contributed by atoms with E-state index in [-0.39, 0.29) is 28.9 Å². The molecule has 0 saturated heterocycles. The van der Waals surface area contributed by atoms with Gasteiger partial charge in [0.05, 0.1) is 12.0 Å². The van der Waals surface area contributed by atoms with Crippen LogP contribution in [0.25, 0.3) is 0 Å². The second-order valence-corrected chi connectivity index (χ2v) is 8.98. The summed E-state index contributed by atoms with van der Waals surface area (Å²) in [4.78, 5) is 10.3. The van der Waals surface area contributed by atoms with Gasteiger partial charge < -0.3 is 23.7 Å². The normalized spacial score (nSPS) is 12.1. The summed E-state index contributed by atoms with van der Waals surface area (Å²) in [5, 5.41) is 14.1. The van der Waals surface area contributed by atoms with E-state index in [1.54, 1.807) is 6.07 Å². The van der Waals surface area contributed by atoms with Crippen LogP contribution in [0.2, 0.25) is 0 Å². The number of non-ortho nitro benzene ring substituents is 1. The molecule has 1 N–H and O–H groups in total. The van der Waals surface area contributed by atoms with Gasteiger partial charge in [-0.15, -0.1) is 0 Å². The van der Waals surface area contributed by atoms with Crippen LogP contribution in [-0.2, 0) is 16.7 Å². The van der Waals surface area contributed by atoms with E-state index in [9.17, 15) is 18.5 Å². The van der Waals surface area contributed by atoms with Gasteiger partial charge in [0, 0.05) is 24.2 Å². The molecule has 0 saturated carbocycles. The lowest BCUT2D eigenvalue weighted by atomic mass is 10.1.